The standard InChI is InChI=1S/C27H22FN3O5/c1-16-20(13-14-36-16)26(33)31-24-15-18(9-12-22(24)28)29-27(34)21-5-3-4-6-23(21)30-25(32)17-7-10-19(35-2)11-8-17/h3-15H,1-2H3,(H,29,34)(H,30,32)(H,31,33). The van der Waals surface area contributed by atoms with Crippen molar-refractivity contribution in [3.05, 3.63) is 107 Å². The highest BCUT2D eigenvalue weighted by Gasteiger charge is 2.17. The molecule has 36 heavy (non-hydrogen) atoms. The van der Waals surface area contributed by atoms with Gasteiger partial charge in [-0.15, -0.1) is 0 Å². The lowest BCUT2D eigenvalue weighted by Crippen LogP contribution is -2.18. The van der Waals surface area contributed by atoms with Crippen LogP contribution in [0.25, 0.3) is 0 Å². The van der Waals surface area contributed by atoms with Crippen LogP contribution in [0.2, 0.25) is 0 Å². The van der Waals surface area contributed by atoms with E-state index in [0.29, 0.717) is 22.8 Å². The lowest BCUT2D eigenvalue weighted by molar-refractivity contribution is 0.101. The highest BCUT2D eigenvalue weighted by Crippen LogP contribution is 2.24. The second-order valence-corrected chi connectivity index (χ2v) is 7.72. The van der Waals surface area contributed by atoms with Crippen molar-refractivity contribution >= 4 is 34.8 Å². The maximum Gasteiger partial charge on any atom is 0.259 e. The number of ether oxygens (including phenoxy) is 1. The first-order valence-corrected chi connectivity index (χ1v) is 10.9. The fraction of sp³-hybridized carbons (Fsp3) is 0.0741. The largest absolute Gasteiger partial charge is 0.497 e. The number of aryl methyl sites for hydroxylation is 1. The summed E-state index contributed by atoms with van der Waals surface area (Å²) in [6, 6.07) is 18.3. The van der Waals surface area contributed by atoms with Crippen molar-refractivity contribution in [2.24, 2.45) is 0 Å². The number of para-hydroxylation sites is 1. The van der Waals surface area contributed by atoms with Crippen LogP contribution in [0.1, 0.15) is 36.8 Å². The number of methoxy groups -OCH3 is 1. The van der Waals surface area contributed by atoms with Gasteiger partial charge >= 0.3 is 0 Å². The van der Waals surface area contributed by atoms with Gasteiger partial charge < -0.3 is 25.1 Å². The maximum atomic E-state index is 14.3. The van der Waals surface area contributed by atoms with E-state index in [9.17, 15) is 18.8 Å². The number of anilines is 3. The minimum Gasteiger partial charge on any atom is -0.497 e. The molecule has 3 N–H and O–H groups in total. The van der Waals surface area contributed by atoms with Gasteiger partial charge in [0, 0.05) is 11.3 Å². The molecule has 182 valence electrons. The number of hydrogen-bond donors (Lipinski definition) is 3. The van der Waals surface area contributed by atoms with Crippen molar-refractivity contribution in [2.45, 2.75) is 6.92 Å². The van der Waals surface area contributed by atoms with Gasteiger partial charge in [0.25, 0.3) is 17.7 Å². The minimum absolute atomic E-state index is 0.112. The average Bonchev–Trinajstić information content (AvgIpc) is 3.32. The Kier molecular flexibility index (Phi) is 7.10. The Balaban J connectivity index is 1.50. The Bertz CT molecular complexity index is 1430. The van der Waals surface area contributed by atoms with Gasteiger partial charge in [0.2, 0.25) is 0 Å². The SMILES string of the molecule is COc1ccc(C(=O)Nc2ccccc2C(=O)Nc2ccc(F)c(NC(=O)c3ccoc3C)c2)cc1. The molecule has 0 spiro atoms. The third-order valence-electron chi connectivity index (χ3n) is 5.35. The summed E-state index contributed by atoms with van der Waals surface area (Å²) in [5.41, 5.74) is 1.28. The molecule has 0 saturated heterocycles. The number of amides is 3. The van der Waals surface area contributed by atoms with E-state index in [0.717, 1.165) is 6.07 Å². The third kappa shape index (κ3) is 5.41. The minimum atomic E-state index is -0.672. The monoisotopic (exact) mass is 487 g/mol. The quantitative estimate of drug-likeness (QED) is 0.319. The molecule has 0 aliphatic rings. The summed E-state index contributed by atoms with van der Waals surface area (Å²) in [4.78, 5) is 38.1. The molecule has 3 aromatic carbocycles. The van der Waals surface area contributed by atoms with Crippen LogP contribution in [0.15, 0.2) is 83.5 Å². The Hall–Kier alpha value is -4.92. The van der Waals surface area contributed by atoms with E-state index < -0.39 is 23.5 Å². The molecule has 0 aliphatic carbocycles. The smallest absolute Gasteiger partial charge is 0.259 e. The van der Waals surface area contributed by atoms with Crippen molar-refractivity contribution in [1.82, 2.24) is 0 Å². The molecule has 0 fully saturated rings. The van der Waals surface area contributed by atoms with Crippen molar-refractivity contribution in [2.75, 3.05) is 23.1 Å². The molecule has 1 aromatic heterocycles. The first kappa shape index (κ1) is 24.2. The van der Waals surface area contributed by atoms with E-state index in [-0.39, 0.29) is 22.5 Å². The summed E-state index contributed by atoms with van der Waals surface area (Å²) in [6.45, 7) is 1.62. The van der Waals surface area contributed by atoms with Gasteiger partial charge in [0.05, 0.1) is 35.9 Å². The van der Waals surface area contributed by atoms with Crippen LogP contribution in [0.3, 0.4) is 0 Å². The predicted octanol–water partition coefficient (Wildman–Crippen LogP) is 5.49. The van der Waals surface area contributed by atoms with Crippen LogP contribution >= 0.6 is 0 Å². The molecule has 4 rings (SSSR count). The first-order valence-electron chi connectivity index (χ1n) is 10.9. The van der Waals surface area contributed by atoms with Crippen LogP contribution < -0.4 is 20.7 Å². The summed E-state index contributed by atoms with van der Waals surface area (Å²) in [5.74, 6) is -1.15. The Morgan fingerprint density at radius 2 is 1.47 bits per heavy atom. The molecular formula is C27H22FN3O5. The molecular weight excluding hydrogens is 465 g/mol. The Labute approximate surface area is 206 Å². The normalized spacial score (nSPS) is 10.4. The average molecular weight is 487 g/mol. The molecule has 9 heteroatoms. The van der Waals surface area contributed by atoms with Crippen LogP contribution in [0.4, 0.5) is 21.5 Å². The molecule has 0 aliphatic heterocycles. The molecule has 0 atom stereocenters. The van der Waals surface area contributed by atoms with Crippen molar-refractivity contribution in [3.63, 3.8) is 0 Å². The lowest BCUT2D eigenvalue weighted by atomic mass is 10.1. The summed E-state index contributed by atoms with van der Waals surface area (Å²) in [7, 11) is 1.53. The van der Waals surface area contributed by atoms with E-state index in [1.54, 1.807) is 55.5 Å². The summed E-state index contributed by atoms with van der Waals surface area (Å²) >= 11 is 0. The molecule has 0 bridgehead atoms. The van der Waals surface area contributed by atoms with Crippen molar-refractivity contribution in [1.29, 1.82) is 0 Å². The lowest BCUT2D eigenvalue weighted by Gasteiger charge is -2.13. The van der Waals surface area contributed by atoms with E-state index in [1.807, 2.05) is 0 Å². The number of rotatable bonds is 7. The zero-order valence-electron chi connectivity index (χ0n) is 19.4. The molecule has 0 unspecified atom stereocenters. The summed E-state index contributed by atoms with van der Waals surface area (Å²) in [6.07, 6.45) is 1.36. The summed E-state index contributed by atoms with van der Waals surface area (Å²) < 4.78 is 24.6. The second-order valence-electron chi connectivity index (χ2n) is 7.72. The van der Waals surface area contributed by atoms with E-state index in [4.69, 9.17) is 9.15 Å². The van der Waals surface area contributed by atoms with Crippen LogP contribution in [0, 0.1) is 12.7 Å². The van der Waals surface area contributed by atoms with Gasteiger partial charge in [-0.3, -0.25) is 14.4 Å². The van der Waals surface area contributed by atoms with Crippen molar-refractivity contribution < 1.29 is 27.9 Å². The highest BCUT2D eigenvalue weighted by molar-refractivity contribution is 6.13. The fourth-order valence-electron chi connectivity index (χ4n) is 3.43. The number of nitrogens with one attached hydrogen (secondary N) is 3. The van der Waals surface area contributed by atoms with Crippen molar-refractivity contribution in [3.8, 4) is 5.75 Å². The number of furan rings is 1. The number of halogens is 1. The zero-order valence-corrected chi connectivity index (χ0v) is 19.4. The Morgan fingerprint density at radius 1 is 0.778 bits per heavy atom. The molecule has 0 saturated carbocycles. The van der Waals surface area contributed by atoms with E-state index in [2.05, 4.69) is 16.0 Å². The van der Waals surface area contributed by atoms with Crippen LogP contribution in [0.5, 0.6) is 5.75 Å². The third-order valence-corrected chi connectivity index (χ3v) is 5.35. The molecule has 3 amide bonds. The topological polar surface area (TPSA) is 110 Å². The molecule has 1 heterocycles. The number of carbonyl (C=O) groups excluding carboxylic acids is 3. The molecule has 0 radical (unpaired) electrons. The highest BCUT2D eigenvalue weighted by atomic mass is 19.1. The number of benzene rings is 3. The van der Waals surface area contributed by atoms with Crippen LogP contribution in [-0.2, 0) is 0 Å². The van der Waals surface area contributed by atoms with E-state index in [1.165, 1.54) is 31.6 Å². The first-order chi connectivity index (χ1) is 17.4. The van der Waals surface area contributed by atoms with E-state index >= 15 is 0 Å². The van der Waals surface area contributed by atoms with Gasteiger partial charge in [-0.1, -0.05) is 12.1 Å². The van der Waals surface area contributed by atoms with Gasteiger partial charge in [0.15, 0.2) is 0 Å². The second kappa shape index (κ2) is 10.6. The Morgan fingerprint density at radius 3 is 2.17 bits per heavy atom. The van der Waals surface area contributed by atoms with Gasteiger partial charge in [-0.2, -0.15) is 0 Å². The van der Waals surface area contributed by atoms with Gasteiger partial charge in [0.1, 0.15) is 17.3 Å². The number of hydrogen-bond acceptors (Lipinski definition) is 5. The maximum absolute atomic E-state index is 14.3. The predicted molar refractivity (Wildman–Crippen MR) is 133 cm³/mol. The number of carbonyl (C=O) groups is 3. The fourth-order valence-corrected chi connectivity index (χ4v) is 3.43. The zero-order chi connectivity index (χ0) is 25.7. The van der Waals surface area contributed by atoms with Gasteiger partial charge in [-0.25, -0.2) is 4.39 Å². The molecule has 8 nitrogen and oxygen atoms in total. The van der Waals surface area contributed by atoms with Crippen LogP contribution in [-0.4, -0.2) is 24.8 Å². The molecule has 4 aromatic rings. The summed E-state index contributed by atoms with van der Waals surface area (Å²) in [5, 5.41) is 7.88. The van der Waals surface area contributed by atoms with Gasteiger partial charge in [-0.05, 0) is 67.6 Å².